The van der Waals surface area contributed by atoms with Gasteiger partial charge in [-0.15, -0.1) is 0 Å². The summed E-state index contributed by atoms with van der Waals surface area (Å²) >= 11 is 0. The van der Waals surface area contributed by atoms with E-state index in [4.69, 9.17) is 4.42 Å². The summed E-state index contributed by atoms with van der Waals surface area (Å²) in [7, 11) is 0. The number of carbonyl (C=O) groups is 1. The fourth-order valence-corrected chi connectivity index (χ4v) is 3.67. The number of nitrogens with one attached hydrogen (secondary N) is 1. The summed E-state index contributed by atoms with van der Waals surface area (Å²) in [6.45, 7) is 0. The van der Waals surface area contributed by atoms with Gasteiger partial charge in [-0.3, -0.25) is 4.79 Å². The molecule has 4 aromatic rings. The summed E-state index contributed by atoms with van der Waals surface area (Å²) in [6.07, 6.45) is 2.74. The minimum Gasteiger partial charge on any atom is -0.422 e. The molecule has 0 aliphatic heterocycles. The van der Waals surface area contributed by atoms with Gasteiger partial charge in [-0.1, -0.05) is 36.4 Å². The number of carbonyl (C=O) groups excluding carboxylic acids is 1. The molecule has 2 aromatic carbocycles. The summed E-state index contributed by atoms with van der Waals surface area (Å²) in [4.78, 5) is 25.3. The molecular formula is C22H17N3O3. The lowest BCUT2D eigenvalue weighted by atomic mass is 10.1. The van der Waals surface area contributed by atoms with Crippen LogP contribution >= 0.6 is 0 Å². The highest BCUT2D eigenvalue weighted by Crippen LogP contribution is 2.31. The first kappa shape index (κ1) is 16.5. The predicted octanol–water partition coefficient (Wildman–Crippen LogP) is 3.72. The summed E-state index contributed by atoms with van der Waals surface area (Å²) < 4.78 is 7.04. The van der Waals surface area contributed by atoms with Gasteiger partial charge in [0.25, 0.3) is 5.91 Å². The molecule has 0 fully saturated rings. The highest BCUT2D eigenvalue weighted by molar-refractivity contribution is 6.05. The summed E-state index contributed by atoms with van der Waals surface area (Å²) in [5.41, 5.74) is 2.66. The van der Waals surface area contributed by atoms with Crippen LogP contribution in [-0.4, -0.2) is 15.7 Å². The molecule has 0 spiro atoms. The van der Waals surface area contributed by atoms with Crippen molar-refractivity contribution >= 4 is 22.7 Å². The number of nitrogens with zero attached hydrogens (tertiary/aromatic N) is 2. The first-order valence-electron chi connectivity index (χ1n) is 9.21. The van der Waals surface area contributed by atoms with E-state index in [0.717, 1.165) is 36.2 Å². The lowest BCUT2D eigenvalue weighted by molar-refractivity contribution is 0.102. The van der Waals surface area contributed by atoms with Gasteiger partial charge in [0.1, 0.15) is 17.0 Å². The largest absolute Gasteiger partial charge is 0.422 e. The van der Waals surface area contributed by atoms with E-state index >= 15 is 0 Å². The van der Waals surface area contributed by atoms with Crippen LogP contribution in [-0.2, 0) is 12.8 Å². The van der Waals surface area contributed by atoms with E-state index in [1.807, 2.05) is 36.4 Å². The SMILES string of the molecule is O=C(Nc1c2c(nn1-c1ccccc1)CCC2)c1cc2ccccc2oc1=O. The lowest BCUT2D eigenvalue weighted by Crippen LogP contribution is -2.22. The lowest BCUT2D eigenvalue weighted by Gasteiger charge is -2.11. The van der Waals surface area contributed by atoms with Crippen LogP contribution in [0.3, 0.4) is 0 Å². The van der Waals surface area contributed by atoms with Gasteiger partial charge in [-0.2, -0.15) is 5.10 Å². The van der Waals surface area contributed by atoms with Crippen LogP contribution in [0.1, 0.15) is 28.0 Å². The van der Waals surface area contributed by atoms with Crippen LogP contribution in [0.25, 0.3) is 16.7 Å². The Bertz CT molecular complexity index is 1260. The normalized spacial score (nSPS) is 12.9. The molecule has 0 radical (unpaired) electrons. The summed E-state index contributed by atoms with van der Waals surface area (Å²) in [6, 6.07) is 18.3. The molecule has 1 N–H and O–H groups in total. The molecule has 0 saturated carbocycles. The Balaban J connectivity index is 1.57. The number of hydrogen-bond donors (Lipinski definition) is 1. The molecule has 6 nitrogen and oxygen atoms in total. The van der Waals surface area contributed by atoms with Crippen molar-refractivity contribution in [3.8, 4) is 5.69 Å². The van der Waals surface area contributed by atoms with Crippen molar-refractivity contribution in [3.05, 3.63) is 87.9 Å². The molecule has 1 aliphatic rings. The Morgan fingerprint density at radius 2 is 1.82 bits per heavy atom. The van der Waals surface area contributed by atoms with Crippen molar-refractivity contribution in [1.82, 2.24) is 9.78 Å². The average molecular weight is 371 g/mol. The molecule has 1 amide bonds. The second-order valence-electron chi connectivity index (χ2n) is 6.81. The van der Waals surface area contributed by atoms with Gasteiger partial charge >= 0.3 is 5.63 Å². The third-order valence-electron chi connectivity index (χ3n) is 5.03. The molecule has 0 bridgehead atoms. The van der Waals surface area contributed by atoms with Crippen molar-refractivity contribution in [2.24, 2.45) is 0 Å². The van der Waals surface area contributed by atoms with E-state index in [1.54, 1.807) is 28.9 Å². The minimum absolute atomic E-state index is 0.0220. The van der Waals surface area contributed by atoms with Gasteiger partial charge in [0.15, 0.2) is 0 Å². The van der Waals surface area contributed by atoms with E-state index in [2.05, 4.69) is 10.4 Å². The van der Waals surface area contributed by atoms with Crippen LogP contribution in [0.2, 0.25) is 0 Å². The van der Waals surface area contributed by atoms with Crippen molar-refractivity contribution in [2.45, 2.75) is 19.3 Å². The fraction of sp³-hybridized carbons (Fsp3) is 0.136. The minimum atomic E-state index is -0.654. The zero-order valence-corrected chi connectivity index (χ0v) is 15.0. The number of rotatable bonds is 3. The van der Waals surface area contributed by atoms with Crippen LogP contribution in [0.15, 0.2) is 69.9 Å². The predicted molar refractivity (Wildman–Crippen MR) is 106 cm³/mol. The molecule has 28 heavy (non-hydrogen) atoms. The quantitative estimate of drug-likeness (QED) is 0.557. The van der Waals surface area contributed by atoms with Crippen LogP contribution in [0.4, 0.5) is 5.82 Å². The highest BCUT2D eigenvalue weighted by Gasteiger charge is 2.25. The molecule has 0 saturated heterocycles. The van der Waals surface area contributed by atoms with E-state index in [0.29, 0.717) is 16.8 Å². The van der Waals surface area contributed by atoms with Gasteiger partial charge in [0.05, 0.1) is 11.4 Å². The van der Waals surface area contributed by atoms with Gasteiger partial charge in [0, 0.05) is 10.9 Å². The zero-order valence-electron chi connectivity index (χ0n) is 15.0. The second kappa shape index (κ2) is 6.49. The maximum atomic E-state index is 12.9. The van der Waals surface area contributed by atoms with Crippen LogP contribution < -0.4 is 10.9 Å². The molecule has 0 atom stereocenters. The Morgan fingerprint density at radius 3 is 2.68 bits per heavy atom. The fourth-order valence-electron chi connectivity index (χ4n) is 3.67. The van der Waals surface area contributed by atoms with Crippen LogP contribution in [0.5, 0.6) is 0 Å². The highest BCUT2D eigenvalue weighted by atomic mass is 16.4. The number of amides is 1. The van der Waals surface area contributed by atoms with Crippen molar-refractivity contribution in [2.75, 3.05) is 5.32 Å². The first-order chi connectivity index (χ1) is 13.7. The van der Waals surface area contributed by atoms with Crippen molar-refractivity contribution < 1.29 is 9.21 Å². The average Bonchev–Trinajstić information content (AvgIpc) is 3.30. The number of hydrogen-bond acceptors (Lipinski definition) is 4. The first-order valence-corrected chi connectivity index (χ1v) is 9.21. The topological polar surface area (TPSA) is 77.1 Å². The molecule has 2 heterocycles. The Labute approximate surface area is 160 Å². The molecule has 6 heteroatoms. The molecule has 138 valence electrons. The Kier molecular flexibility index (Phi) is 3.83. The Hall–Kier alpha value is -3.67. The second-order valence-corrected chi connectivity index (χ2v) is 6.81. The number of para-hydroxylation sites is 2. The van der Waals surface area contributed by atoms with E-state index in [1.165, 1.54) is 0 Å². The van der Waals surface area contributed by atoms with Gasteiger partial charge in [-0.05, 0) is 43.5 Å². The van der Waals surface area contributed by atoms with Crippen molar-refractivity contribution in [1.29, 1.82) is 0 Å². The molecule has 5 rings (SSSR count). The molecular weight excluding hydrogens is 354 g/mol. The number of anilines is 1. The number of benzene rings is 2. The smallest absolute Gasteiger partial charge is 0.349 e. The number of fused-ring (bicyclic) bond motifs is 2. The monoisotopic (exact) mass is 371 g/mol. The zero-order chi connectivity index (χ0) is 19.1. The third kappa shape index (κ3) is 2.70. The molecule has 2 aromatic heterocycles. The van der Waals surface area contributed by atoms with Gasteiger partial charge < -0.3 is 9.73 Å². The third-order valence-corrected chi connectivity index (χ3v) is 5.03. The van der Waals surface area contributed by atoms with E-state index in [-0.39, 0.29) is 5.56 Å². The maximum Gasteiger partial charge on any atom is 0.349 e. The van der Waals surface area contributed by atoms with E-state index < -0.39 is 11.5 Å². The summed E-state index contributed by atoms with van der Waals surface area (Å²) in [5, 5.41) is 8.30. The maximum absolute atomic E-state index is 12.9. The Morgan fingerprint density at radius 1 is 1.04 bits per heavy atom. The van der Waals surface area contributed by atoms with Gasteiger partial charge in [-0.25, -0.2) is 9.48 Å². The standard InChI is InChI=1S/C22H17N3O3/c26-21(17-13-14-7-4-5-12-19(14)28-22(17)27)23-20-16-10-6-11-18(16)24-25(20)15-8-2-1-3-9-15/h1-5,7-9,12-13H,6,10-11H2,(H,23,26). The van der Waals surface area contributed by atoms with E-state index in [9.17, 15) is 9.59 Å². The number of aromatic nitrogens is 2. The van der Waals surface area contributed by atoms with Gasteiger partial charge in [0.2, 0.25) is 0 Å². The molecule has 1 aliphatic carbocycles. The van der Waals surface area contributed by atoms with Crippen molar-refractivity contribution in [3.63, 3.8) is 0 Å². The summed E-state index contributed by atoms with van der Waals surface area (Å²) in [5.74, 6) is 0.127. The van der Waals surface area contributed by atoms with Crippen LogP contribution in [0, 0.1) is 0 Å². The number of aryl methyl sites for hydroxylation is 1. The molecule has 0 unspecified atom stereocenters.